The molecule has 0 N–H and O–H groups in total. The van der Waals surface area contributed by atoms with Crippen LogP contribution in [0, 0.1) is 13.8 Å². The van der Waals surface area contributed by atoms with Crippen molar-refractivity contribution in [1.29, 1.82) is 0 Å². The number of rotatable bonds is 6. The fourth-order valence-electron chi connectivity index (χ4n) is 2.65. The van der Waals surface area contributed by atoms with E-state index in [0.717, 1.165) is 22.6 Å². The van der Waals surface area contributed by atoms with Gasteiger partial charge in [0, 0.05) is 20.3 Å². The summed E-state index contributed by atoms with van der Waals surface area (Å²) in [6.45, 7) is 4.58. The van der Waals surface area contributed by atoms with Gasteiger partial charge in [-0.3, -0.25) is 9.48 Å². The van der Waals surface area contributed by atoms with Gasteiger partial charge in [-0.05, 0) is 37.1 Å². The van der Waals surface area contributed by atoms with E-state index in [0.29, 0.717) is 17.3 Å². The third kappa shape index (κ3) is 4.31. The van der Waals surface area contributed by atoms with Gasteiger partial charge in [0.1, 0.15) is 5.75 Å². The number of halogens is 1. The molecule has 7 nitrogen and oxygen atoms in total. The molecule has 1 amide bonds. The van der Waals surface area contributed by atoms with Crippen molar-refractivity contribution >= 4 is 17.5 Å². The first-order valence-electron chi connectivity index (χ1n) is 8.50. The average molecular weight is 388 g/mol. The Morgan fingerprint density at radius 3 is 2.78 bits per heavy atom. The first kappa shape index (κ1) is 19.0. The summed E-state index contributed by atoms with van der Waals surface area (Å²) in [6.07, 6.45) is 3.29. The lowest BCUT2D eigenvalue weighted by atomic mass is 10.1. The summed E-state index contributed by atoms with van der Waals surface area (Å²) < 4.78 is 9.07. The number of benzene rings is 1. The van der Waals surface area contributed by atoms with Crippen LogP contribution >= 0.6 is 11.6 Å². The molecule has 0 aliphatic carbocycles. The zero-order chi connectivity index (χ0) is 19.6. The first-order valence-corrected chi connectivity index (χ1v) is 8.88. The summed E-state index contributed by atoms with van der Waals surface area (Å²) in [7, 11) is 3.50. The molecule has 3 rings (SSSR count). The van der Waals surface area contributed by atoms with Crippen molar-refractivity contribution in [1.82, 2.24) is 24.5 Å². The van der Waals surface area contributed by atoms with E-state index >= 15 is 0 Å². The Morgan fingerprint density at radius 1 is 1.30 bits per heavy atom. The Balaban J connectivity index is 1.64. The number of carbonyl (C=O) groups excluding carboxylic acids is 1. The van der Waals surface area contributed by atoms with Crippen LogP contribution in [0.4, 0.5) is 0 Å². The second-order valence-corrected chi connectivity index (χ2v) is 6.91. The lowest BCUT2D eigenvalue weighted by Gasteiger charge is -2.16. The van der Waals surface area contributed by atoms with Crippen molar-refractivity contribution < 1.29 is 9.53 Å². The molecule has 0 fully saturated rings. The number of aryl methyl sites for hydroxylation is 3. The quantitative estimate of drug-likeness (QED) is 0.651. The van der Waals surface area contributed by atoms with Crippen molar-refractivity contribution in [2.45, 2.75) is 27.1 Å². The summed E-state index contributed by atoms with van der Waals surface area (Å²) in [5, 5.41) is 8.93. The lowest BCUT2D eigenvalue weighted by Crippen LogP contribution is -2.28. The van der Waals surface area contributed by atoms with E-state index in [1.807, 2.05) is 32.0 Å². The molecule has 3 aromatic rings. The Labute approximate surface area is 163 Å². The van der Waals surface area contributed by atoms with Gasteiger partial charge in [-0.2, -0.15) is 10.2 Å². The van der Waals surface area contributed by atoms with E-state index in [4.69, 9.17) is 16.3 Å². The second-order valence-electron chi connectivity index (χ2n) is 6.51. The van der Waals surface area contributed by atoms with E-state index in [1.54, 1.807) is 46.8 Å². The third-order valence-electron chi connectivity index (χ3n) is 4.30. The summed E-state index contributed by atoms with van der Waals surface area (Å²) in [5.41, 5.74) is 3.30. The molecule has 2 aromatic heterocycles. The summed E-state index contributed by atoms with van der Waals surface area (Å²) in [5.74, 6) is 0.610. The van der Waals surface area contributed by atoms with Gasteiger partial charge in [0.05, 0.1) is 23.5 Å². The first-order chi connectivity index (χ1) is 12.8. The van der Waals surface area contributed by atoms with E-state index in [-0.39, 0.29) is 12.6 Å². The number of carbonyl (C=O) groups is 1. The minimum atomic E-state index is -0.197. The Hall–Kier alpha value is -2.80. The van der Waals surface area contributed by atoms with Crippen LogP contribution in [0.3, 0.4) is 0 Å². The highest BCUT2D eigenvalue weighted by Crippen LogP contribution is 2.20. The van der Waals surface area contributed by atoms with Crippen molar-refractivity contribution in [3.8, 4) is 5.75 Å². The van der Waals surface area contributed by atoms with E-state index in [2.05, 4.69) is 10.2 Å². The molecule has 0 aliphatic heterocycles. The molecule has 0 saturated heterocycles. The molecule has 27 heavy (non-hydrogen) atoms. The van der Waals surface area contributed by atoms with Crippen LogP contribution < -0.4 is 4.74 Å². The zero-order valence-electron chi connectivity index (χ0n) is 15.8. The maximum Gasteiger partial charge on any atom is 0.274 e. The van der Waals surface area contributed by atoms with Gasteiger partial charge >= 0.3 is 0 Å². The molecule has 0 radical (unpaired) electrons. The SMILES string of the molecule is Cc1ccc(C)c(OCn2ccc(C(=O)N(C)Cc3c(Cl)cnn3C)n2)c1. The molecule has 142 valence electrons. The van der Waals surface area contributed by atoms with Crippen molar-refractivity contribution in [3.05, 3.63) is 64.2 Å². The molecule has 0 atom stereocenters. The standard InChI is InChI=1S/C19H22ClN5O2/c1-13-5-6-14(2)18(9-13)27-12-25-8-7-16(22-25)19(26)23(3)11-17-15(20)10-21-24(17)4/h5-10H,11-12H2,1-4H3. The summed E-state index contributed by atoms with van der Waals surface area (Å²) >= 11 is 6.11. The number of nitrogens with zero attached hydrogens (tertiary/aromatic N) is 5. The number of ether oxygens (including phenoxy) is 1. The lowest BCUT2D eigenvalue weighted by molar-refractivity contribution is 0.0774. The van der Waals surface area contributed by atoms with Crippen molar-refractivity contribution in [3.63, 3.8) is 0 Å². The fourth-order valence-corrected chi connectivity index (χ4v) is 2.88. The van der Waals surface area contributed by atoms with Gasteiger partial charge in [0.2, 0.25) is 0 Å². The van der Waals surface area contributed by atoms with Gasteiger partial charge in [-0.1, -0.05) is 23.7 Å². The number of aromatic nitrogens is 4. The molecule has 1 aromatic carbocycles. The second kappa shape index (κ2) is 7.84. The smallest absolute Gasteiger partial charge is 0.274 e. The van der Waals surface area contributed by atoms with Crippen molar-refractivity contribution in [2.24, 2.45) is 7.05 Å². The van der Waals surface area contributed by atoms with Gasteiger partial charge in [0.25, 0.3) is 5.91 Å². The minimum Gasteiger partial charge on any atom is -0.471 e. The Bertz CT molecular complexity index is 943. The molecule has 0 spiro atoms. The molecule has 0 bridgehead atoms. The van der Waals surface area contributed by atoms with Gasteiger partial charge in [-0.15, -0.1) is 0 Å². The summed E-state index contributed by atoms with van der Waals surface area (Å²) in [4.78, 5) is 14.2. The maximum absolute atomic E-state index is 12.6. The average Bonchev–Trinajstić information content (AvgIpc) is 3.24. The van der Waals surface area contributed by atoms with Gasteiger partial charge < -0.3 is 9.64 Å². The van der Waals surface area contributed by atoms with E-state index < -0.39 is 0 Å². The highest BCUT2D eigenvalue weighted by molar-refractivity contribution is 6.31. The van der Waals surface area contributed by atoms with Crippen LogP contribution in [0.15, 0.2) is 36.7 Å². The van der Waals surface area contributed by atoms with E-state index in [9.17, 15) is 4.79 Å². The minimum absolute atomic E-state index is 0.197. The molecular formula is C19H22ClN5O2. The van der Waals surface area contributed by atoms with Crippen LogP contribution in [-0.4, -0.2) is 37.4 Å². The fraction of sp³-hybridized carbons (Fsp3) is 0.316. The molecule has 0 unspecified atom stereocenters. The van der Waals surface area contributed by atoms with Gasteiger partial charge in [-0.25, -0.2) is 4.68 Å². The van der Waals surface area contributed by atoms with Crippen LogP contribution in [0.25, 0.3) is 0 Å². The van der Waals surface area contributed by atoms with Crippen LogP contribution in [0.2, 0.25) is 5.02 Å². The third-order valence-corrected chi connectivity index (χ3v) is 4.62. The highest BCUT2D eigenvalue weighted by Gasteiger charge is 2.18. The van der Waals surface area contributed by atoms with Crippen molar-refractivity contribution in [2.75, 3.05) is 7.05 Å². The Morgan fingerprint density at radius 2 is 2.07 bits per heavy atom. The zero-order valence-corrected chi connectivity index (χ0v) is 16.6. The molecular weight excluding hydrogens is 366 g/mol. The molecule has 0 aliphatic rings. The predicted octanol–water partition coefficient (Wildman–Crippen LogP) is 3.20. The largest absolute Gasteiger partial charge is 0.471 e. The number of amides is 1. The van der Waals surface area contributed by atoms with Crippen LogP contribution in [-0.2, 0) is 20.3 Å². The summed E-state index contributed by atoms with van der Waals surface area (Å²) in [6, 6.07) is 7.71. The molecule has 8 heteroatoms. The molecule has 2 heterocycles. The number of hydrogen-bond acceptors (Lipinski definition) is 4. The topological polar surface area (TPSA) is 65.2 Å². The monoisotopic (exact) mass is 387 g/mol. The molecule has 0 saturated carbocycles. The van der Waals surface area contributed by atoms with E-state index in [1.165, 1.54) is 0 Å². The van der Waals surface area contributed by atoms with Gasteiger partial charge in [0.15, 0.2) is 12.4 Å². The maximum atomic E-state index is 12.6. The number of hydrogen-bond donors (Lipinski definition) is 0. The Kier molecular flexibility index (Phi) is 5.51. The normalized spacial score (nSPS) is 10.9. The van der Waals surface area contributed by atoms with Crippen LogP contribution in [0.5, 0.6) is 5.75 Å². The predicted molar refractivity (Wildman–Crippen MR) is 103 cm³/mol. The highest BCUT2D eigenvalue weighted by atomic mass is 35.5. The van der Waals surface area contributed by atoms with Crippen LogP contribution in [0.1, 0.15) is 27.3 Å².